The minimum absolute atomic E-state index is 0.0386. The summed E-state index contributed by atoms with van der Waals surface area (Å²) < 4.78 is 15.7. The lowest BCUT2D eigenvalue weighted by molar-refractivity contribution is -0.384. The molecule has 4 rings (SSSR count). The van der Waals surface area contributed by atoms with E-state index in [1.807, 2.05) is 0 Å². The second-order valence-electron chi connectivity index (χ2n) is 6.74. The number of carbonyl (C=O) groups is 1. The first-order valence-electron chi connectivity index (χ1n) is 9.08. The summed E-state index contributed by atoms with van der Waals surface area (Å²) >= 11 is 0. The maximum atomic E-state index is 13.2. The second-order valence-corrected chi connectivity index (χ2v) is 6.74. The summed E-state index contributed by atoms with van der Waals surface area (Å²) in [6.45, 7) is 1.37. The number of rotatable bonds is 5. The highest BCUT2D eigenvalue weighted by atomic mass is 19.1. The van der Waals surface area contributed by atoms with Crippen LogP contribution in [0.5, 0.6) is 0 Å². The van der Waals surface area contributed by atoms with Gasteiger partial charge < -0.3 is 5.32 Å². The van der Waals surface area contributed by atoms with Gasteiger partial charge in [0.25, 0.3) is 11.2 Å². The van der Waals surface area contributed by atoms with Gasteiger partial charge in [0.05, 0.1) is 33.5 Å². The molecule has 0 saturated carbocycles. The van der Waals surface area contributed by atoms with Crippen molar-refractivity contribution in [3.8, 4) is 5.69 Å². The fourth-order valence-electron chi connectivity index (χ4n) is 3.08. The van der Waals surface area contributed by atoms with Crippen molar-refractivity contribution >= 4 is 28.3 Å². The number of nitro groups is 1. The number of halogens is 1. The van der Waals surface area contributed by atoms with Crippen LogP contribution in [0.1, 0.15) is 5.69 Å². The van der Waals surface area contributed by atoms with Crippen molar-refractivity contribution in [2.45, 2.75) is 13.5 Å². The van der Waals surface area contributed by atoms with Crippen molar-refractivity contribution in [2.75, 3.05) is 5.32 Å². The van der Waals surface area contributed by atoms with Gasteiger partial charge in [-0.15, -0.1) is 0 Å². The van der Waals surface area contributed by atoms with E-state index >= 15 is 0 Å². The average Bonchev–Trinajstić information content (AvgIpc) is 3.10. The first kappa shape index (κ1) is 19.9. The van der Waals surface area contributed by atoms with Gasteiger partial charge in [-0.3, -0.25) is 24.3 Å². The number of carbonyl (C=O) groups excluding carboxylic acids is 1. The summed E-state index contributed by atoms with van der Waals surface area (Å²) in [6.07, 6.45) is 1.21. The quantitative estimate of drug-likeness (QED) is 0.389. The van der Waals surface area contributed by atoms with Crippen molar-refractivity contribution in [3.05, 3.63) is 86.8 Å². The van der Waals surface area contributed by atoms with Crippen LogP contribution in [0.4, 0.5) is 15.9 Å². The number of amides is 1. The molecular formula is C20H15FN6O4. The predicted octanol–water partition coefficient (Wildman–Crippen LogP) is 2.58. The molecule has 0 aliphatic carbocycles. The number of nitrogens with zero attached hydrogens (tertiary/aromatic N) is 5. The van der Waals surface area contributed by atoms with Crippen LogP contribution in [0, 0.1) is 22.9 Å². The van der Waals surface area contributed by atoms with E-state index in [1.54, 1.807) is 13.0 Å². The molecule has 0 fully saturated rings. The Morgan fingerprint density at radius 3 is 2.65 bits per heavy atom. The lowest BCUT2D eigenvalue weighted by atomic mass is 10.2. The number of hydrogen-bond acceptors (Lipinski definition) is 6. The first-order valence-corrected chi connectivity index (χ1v) is 9.08. The Morgan fingerprint density at radius 2 is 1.94 bits per heavy atom. The number of benzene rings is 2. The summed E-state index contributed by atoms with van der Waals surface area (Å²) in [4.78, 5) is 39.7. The van der Waals surface area contributed by atoms with Crippen LogP contribution < -0.4 is 10.9 Å². The molecular weight excluding hydrogens is 407 g/mol. The zero-order valence-corrected chi connectivity index (χ0v) is 16.2. The standard InChI is InChI=1S/C20H15FN6O4/c1-12-8-18(26(24-12)14-4-2-13(21)3-5-14)23-19(28)10-25-11-22-17-7-6-15(27(30)31)9-16(17)20(25)29/h2-9,11H,10H2,1H3,(H,23,28). The third-order valence-electron chi connectivity index (χ3n) is 4.50. The predicted molar refractivity (Wildman–Crippen MR) is 110 cm³/mol. The number of aromatic nitrogens is 4. The summed E-state index contributed by atoms with van der Waals surface area (Å²) in [5, 5.41) is 18.0. The normalized spacial score (nSPS) is 10.9. The van der Waals surface area contributed by atoms with Crippen LogP contribution >= 0.6 is 0 Å². The van der Waals surface area contributed by atoms with Crippen LogP contribution in [-0.2, 0) is 11.3 Å². The molecule has 0 aliphatic heterocycles. The Morgan fingerprint density at radius 1 is 1.19 bits per heavy atom. The molecule has 0 unspecified atom stereocenters. The van der Waals surface area contributed by atoms with Gasteiger partial charge in [-0.25, -0.2) is 14.1 Å². The lowest BCUT2D eigenvalue weighted by Gasteiger charge is -2.10. The summed E-state index contributed by atoms with van der Waals surface area (Å²) in [6, 6.07) is 11.0. The van der Waals surface area contributed by atoms with Crippen LogP contribution in [0.25, 0.3) is 16.6 Å². The fraction of sp³-hybridized carbons (Fsp3) is 0.100. The third kappa shape index (κ3) is 4.01. The largest absolute Gasteiger partial charge is 0.309 e. The summed E-state index contributed by atoms with van der Waals surface area (Å²) in [5.41, 5.74) is 0.634. The van der Waals surface area contributed by atoms with E-state index in [4.69, 9.17) is 0 Å². The van der Waals surface area contributed by atoms with Gasteiger partial charge >= 0.3 is 0 Å². The number of anilines is 1. The SMILES string of the molecule is Cc1cc(NC(=O)Cn2cnc3ccc([N+](=O)[O-])cc3c2=O)n(-c2ccc(F)cc2)n1. The Bertz CT molecular complexity index is 1380. The molecule has 2 aromatic heterocycles. The lowest BCUT2D eigenvalue weighted by Crippen LogP contribution is -2.28. The Hall–Kier alpha value is -4.41. The van der Waals surface area contributed by atoms with E-state index in [0.29, 0.717) is 17.2 Å². The van der Waals surface area contributed by atoms with Crippen LogP contribution in [0.15, 0.2) is 59.7 Å². The molecule has 0 spiro atoms. The van der Waals surface area contributed by atoms with Crippen molar-refractivity contribution in [1.82, 2.24) is 19.3 Å². The Balaban J connectivity index is 1.60. The highest BCUT2D eigenvalue weighted by molar-refractivity contribution is 5.90. The Labute approximate surface area is 173 Å². The van der Waals surface area contributed by atoms with Crippen molar-refractivity contribution in [1.29, 1.82) is 0 Å². The molecule has 4 aromatic rings. The number of fused-ring (bicyclic) bond motifs is 1. The smallest absolute Gasteiger partial charge is 0.270 e. The summed E-state index contributed by atoms with van der Waals surface area (Å²) in [5.74, 6) is -0.592. The summed E-state index contributed by atoms with van der Waals surface area (Å²) in [7, 11) is 0. The van der Waals surface area contributed by atoms with Crippen LogP contribution in [-0.4, -0.2) is 30.2 Å². The highest BCUT2D eigenvalue weighted by Gasteiger charge is 2.15. The topological polar surface area (TPSA) is 125 Å². The molecule has 0 aliphatic rings. The van der Waals surface area contributed by atoms with Gasteiger partial charge in [0.15, 0.2) is 0 Å². The molecule has 2 aromatic carbocycles. The molecule has 0 saturated heterocycles. The van der Waals surface area contributed by atoms with E-state index < -0.39 is 22.2 Å². The minimum atomic E-state index is -0.609. The van der Waals surface area contributed by atoms with E-state index in [1.165, 1.54) is 47.4 Å². The van der Waals surface area contributed by atoms with Crippen molar-refractivity contribution < 1.29 is 14.1 Å². The maximum absolute atomic E-state index is 13.2. The molecule has 1 N–H and O–H groups in total. The second kappa shape index (κ2) is 7.78. The third-order valence-corrected chi connectivity index (χ3v) is 4.50. The van der Waals surface area contributed by atoms with Crippen molar-refractivity contribution in [3.63, 3.8) is 0 Å². The number of hydrogen-bond donors (Lipinski definition) is 1. The number of aryl methyl sites for hydroxylation is 1. The molecule has 10 nitrogen and oxygen atoms in total. The van der Waals surface area contributed by atoms with Gasteiger partial charge in [0.2, 0.25) is 5.91 Å². The van der Waals surface area contributed by atoms with E-state index in [9.17, 15) is 24.1 Å². The van der Waals surface area contributed by atoms with Gasteiger partial charge in [-0.1, -0.05) is 0 Å². The van der Waals surface area contributed by atoms with Crippen LogP contribution in [0.3, 0.4) is 0 Å². The van der Waals surface area contributed by atoms with E-state index in [-0.39, 0.29) is 23.1 Å². The molecule has 1 amide bonds. The fourth-order valence-corrected chi connectivity index (χ4v) is 3.08. The van der Waals surface area contributed by atoms with Crippen molar-refractivity contribution in [2.24, 2.45) is 0 Å². The average molecular weight is 422 g/mol. The van der Waals surface area contributed by atoms with Crippen LogP contribution in [0.2, 0.25) is 0 Å². The molecule has 0 bridgehead atoms. The minimum Gasteiger partial charge on any atom is -0.309 e. The number of nitro benzene ring substituents is 1. The van der Waals surface area contributed by atoms with E-state index in [2.05, 4.69) is 15.4 Å². The maximum Gasteiger partial charge on any atom is 0.270 e. The van der Waals surface area contributed by atoms with Gasteiger partial charge in [-0.2, -0.15) is 5.10 Å². The zero-order valence-electron chi connectivity index (χ0n) is 16.2. The molecule has 156 valence electrons. The van der Waals surface area contributed by atoms with E-state index in [0.717, 1.165) is 10.6 Å². The first-order chi connectivity index (χ1) is 14.8. The number of non-ortho nitro benzene ring substituents is 1. The molecule has 2 heterocycles. The Kier molecular flexibility index (Phi) is 4.99. The number of nitrogens with one attached hydrogen (secondary N) is 1. The molecule has 11 heteroatoms. The zero-order chi connectivity index (χ0) is 22.1. The van der Waals surface area contributed by atoms with Gasteiger partial charge in [0.1, 0.15) is 18.2 Å². The van der Waals surface area contributed by atoms with Gasteiger partial charge in [-0.05, 0) is 37.3 Å². The molecule has 0 atom stereocenters. The molecule has 31 heavy (non-hydrogen) atoms. The highest BCUT2D eigenvalue weighted by Crippen LogP contribution is 2.18. The van der Waals surface area contributed by atoms with Gasteiger partial charge in [0, 0.05) is 18.2 Å². The molecule has 0 radical (unpaired) electrons. The monoisotopic (exact) mass is 422 g/mol.